The molecular formula is C30H51N3O. The van der Waals surface area contributed by atoms with E-state index in [1.54, 1.807) is 6.92 Å². The molecule has 1 heterocycles. The minimum absolute atomic E-state index is 0.321. The van der Waals surface area contributed by atoms with Crippen LogP contribution < -0.4 is 5.73 Å². The van der Waals surface area contributed by atoms with Crippen LogP contribution in [0.2, 0.25) is 0 Å². The zero-order chi connectivity index (χ0) is 25.8. The van der Waals surface area contributed by atoms with Gasteiger partial charge in [0.1, 0.15) is 0 Å². The third kappa shape index (κ3) is 14.0. The predicted octanol–water partition coefficient (Wildman–Crippen LogP) is 9.36. The van der Waals surface area contributed by atoms with Gasteiger partial charge in [-0.15, -0.1) is 0 Å². The van der Waals surface area contributed by atoms with Crippen molar-refractivity contribution in [1.82, 2.24) is 10.1 Å². The summed E-state index contributed by atoms with van der Waals surface area (Å²) in [5.41, 5.74) is 9.00. The zero-order valence-electron chi connectivity index (χ0n) is 23.1. The van der Waals surface area contributed by atoms with Gasteiger partial charge < -0.3 is 10.3 Å². The van der Waals surface area contributed by atoms with Crippen LogP contribution in [0.3, 0.4) is 0 Å². The Morgan fingerprint density at radius 2 is 1.53 bits per heavy atom. The second-order valence-electron chi connectivity index (χ2n) is 9.13. The first kappa shape index (κ1) is 31.6. The standard InChI is InChI=1S/C18H24N2O.C9H20.C3H7N/c1-5-7-10-14(4)18-19-17(20-21-18)15(6-2)16-12-9-8-11-13(16)3;1-3-5-7-9-8-6-4-2;1-3(2)4/h6,8-9,11-12,14H,5,7,10H2,1-4H3;3-9H2,1-2H3;1,4H2,2H3/b15-6+;;/t14-;;/m0../s1. The second-order valence-corrected chi connectivity index (χ2v) is 9.13. The molecule has 4 nitrogen and oxygen atoms in total. The summed E-state index contributed by atoms with van der Waals surface area (Å²) in [7, 11) is 0. The van der Waals surface area contributed by atoms with E-state index in [0.717, 1.165) is 23.4 Å². The largest absolute Gasteiger partial charge is 0.403 e. The first-order valence-corrected chi connectivity index (χ1v) is 13.3. The molecule has 34 heavy (non-hydrogen) atoms. The van der Waals surface area contributed by atoms with Crippen molar-refractivity contribution in [3.05, 3.63) is 65.5 Å². The number of benzene rings is 1. The van der Waals surface area contributed by atoms with Crippen molar-refractivity contribution >= 4 is 5.57 Å². The average molecular weight is 470 g/mol. The van der Waals surface area contributed by atoms with E-state index in [-0.39, 0.29) is 0 Å². The number of nitrogens with zero attached hydrogens (tertiary/aromatic N) is 2. The van der Waals surface area contributed by atoms with Gasteiger partial charge in [0.15, 0.2) is 0 Å². The van der Waals surface area contributed by atoms with Crippen molar-refractivity contribution in [1.29, 1.82) is 0 Å². The molecular weight excluding hydrogens is 418 g/mol. The van der Waals surface area contributed by atoms with Crippen LogP contribution in [0.5, 0.6) is 0 Å². The first-order valence-electron chi connectivity index (χ1n) is 13.3. The molecule has 0 saturated heterocycles. The maximum absolute atomic E-state index is 5.47. The fraction of sp³-hybridized carbons (Fsp3) is 0.600. The Hall–Kier alpha value is -2.36. The third-order valence-corrected chi connectivity index (χ3v) is 5.53. The summed E-state index contributed by atoms with van der Waals surface area (Å²) in [5, 5.41) is 4.18. The molecule has 1 aromatic carbocycles. The molecule has 2 N–H and O–H groups in total. The lowest BCUT2D eigenvalue weighted by molar-refractivity contribution is 0.350. The number of allylic oxidation sites excluding steroid dienone is 2. The fourth-order valence-electron chi connectivity index (χ4n) is 3.49. The number of rotatable bonds is 12. The molecule has 4 heteroatoms. The van der Waals surface area contributed by atoms with Crippen molar-refractivity contribution in [3.63, 3.8) is 0 Å². The first-order chi connectivity index (χ1) is 16.3. The molecule has 0 spiro atoms. The number of nitrogens with two attached hydrogens (primary N) is 1. The highest BCUT2D eigenvalue weighted by Gasteiger charge is 2.17. The minimum Gasteiger partial charge on any atom is -0.403 e. The molecule has 0 fully saturated rings. The molecule has 0 aliphatic carbocycles. The number of aryl methyl sites for hydroxylation is 1. The SMILES string of the molecule is C/C=C(/c1noc([C@@H](C)CCCC)n1)c1ccccc1C.C=C(C)N.CCCCCCCCC. The summed E-state index contributed by atoms with van der Waals surface area (Å²) in [4.78, 5) is 4.61. The Bertz CT molecular complexity index is 797. The van der Waals surface area contributed by atoms with Gasteiger partial charge in [0.05, 0.1) is 0 Å². The van der Waals surface area contributed by atoms with Crippen LogP contribution >= 0.6 is 0 Å². The fourth-order valence-corrected chi connectivity index (χ4v) is 3.49. The number of unbranched alkanes of at least 4 members (excludes halogenated alkanes) is 7. The minimum atomic E-state index is 0.321. The van der Waals surface area contributed by atoms with Gasteiger partial charge in [0, 0.05) is 11.5 Å². The molecule has 0 aliphatic heterocycles. The molecule has 0 unspecified atom stereocenters. The smallest absolute Gasteiger partial charge is 0.229 e. The highest BCUT2D eigenvalue weighted by atomic mass is 16.5. The Balaban J connectivity index is 0.000000697. The molecule has 0 amide bonds. The quantitative estimate of drug-likeness (QED) is 0.314. The Kier molecular flexibility index (Phi) is 18.7. The van der Waals surface area contributed by atoms with Crippen molar-refractivity contribution in [2.75, 3.05) is 0 Å². The van der Waals surface area contributed by atoms with Gasteiger partial charge in [0.2, 0.25) is 11.7 Å². The van der Waals surface area contributed by atoms with Crippen LogP contribution in [0, 0.1) is 6.92 Å². The third-order valence-electron chi connectivity index (χ3n) is 5.53. The van der Waals surface area contributed by atoms with Gasteiger partial charge in [-0.1, -0.05) is 128 Å². The van der Waals surface area contributed by atoms with Crippen LogP contribution in [-0.4, -0.2) is 10.1 Å². The monoisotopic (exact) mass is 469 g/mol. The summed E-state index contributed by atoms with van der Waals surface area (Å²) >= 11 is 0. The zero-order valence-corrected chi connectivity index (χ0v) is 23.1. The van der Waals surface area contributed by atoms with Crippen LogP contribution in [-0.2, 0) is 0 Å². The van der Waals surface area contributed by atoms with E-state index in [9.17, 15) is 0 Å². The van der Waals surface area contributed by atoms with Gasteiger partial charge in [-0.05, 0) is 44.0 Å². The lowest BCUT2D eigenvalue weighted by atomic mass is 10.00. The van der Waals surface area contributed by atoms with Crippen LogP contribution in [0.25, 0.3) is 5.57 Å². The van der Waals surface area contributed by atoms with E-state index in [1.165, 1.54) is 63.4 Å². The summed E-state index contributed by atoms with van der Waals surface area (Å²) in [6, 6.07) is 8.28. The van der Waals surface area contributed by atoms with Gasteiger partial charge in [-0.3, -0.25) is 0 Å². The number of hydrogen-bond acceptors (Lipinski definition) is 4. The second kappa shape index (κ2) is 20.1. The van der Waals surface area contributed by atoms with E-state index >= 15 is 0 Å². The number of hydrogen-bond donors (Lipinski definition) is 1. The molecule has 0 saturated carbocycles. The van der Waals surface area contributed by atoms with Gasteiger partial charge in [-0.25, -0.2) is 0 Å². The summed E-state index contributed by atoms with van der Waals surface area (Å²) in [5.74, 6) is 1.75. The van der Waals surface area contributed by atoms with E-state index < -0.39 is 0 Å². The normalized spacial score (nSPS) is 11.7. The van der Waals surface area contributed by atoms with Crippen LogP contribution in [0.4, 0.5) is 0 Å². The highest BCUT2D eigenvalue weighted by Crippen LogP contribution is 2.26. The summed E-state index contributed by atoms with van der Waals surface area (Å²) in [6.07, 6.45) is 15.5. The van der Waals surface area contributed by atoms with Crippen molar-refractivity contribution in [3.8, 4) is 0 Å². The van der Waals surface area contributed by atoms with Crippen molar-refractivity contribution in [2.24, 2.45) is 5.73 Å². The lowest BCUT2D eigenvalue weighted by Gasteiger charge is -2.06. The maximum atomic E-state index is 5.47. The Morgan fingerprint density at radius 1 is 1.00 bits per heavy atom. The number of aromatic nitrogens is 2. The van der Waals surface area contributed by atoms with Gasteiger partial charge >= 0.3 is 0 Å². The molecule has 0 radical (unpaired) electrons. The van der Waals surface area contributed by atoms with E-state index in [2.05, 4.69) is 63.5 Å². The summed E-state index contributed by atoms with van der Waals surface area (Å²) in [6.45, 7) is 18.1. The Labute approximate surface area is 210 Å². The van der Waals surface area contributed by atoms with E-state index in [0.29, 0.717) is 17.4 Å². The Morgan fingerprint density at radius 3 is 2.03 bits per heavy atom. The van der Waals surface area contributed by atoms with Crippen LogP contribution in [0.15, 0.2) is 47.1 Å². The topological polar surface area (TPSA) is 64.9 Å². The average Bonchev–Trinajstić information content (AvgIpc) is 3.29. The highest BCUT2D eigenvalue weighted by molar-refractivity contribution is 5.77. The van der Waals surface area contributed by atoms with Gasteiger partial charge in [-0.2, -0.15) is 4.98 Å². The molecule has 1 atom stereocenters. The molecule has 2 rings (SSSR count). The lowest BCUT2D eigenvalue weighted by Crippen LogP contribution is -1.96. The van der Waals surface area contributed by atoms with Crippen molar-refractivity contribution < 1.29 is 4.52 Å². The predicted molar refractivity (Wildman–Crippen MR) is 149 cm³/mol. The van der Waals surface area contributed by atoms with Crippen molar-refractivity contribution in [2.45, 2.75) is 119 Å². The maximum Gasteiger partial charge on any atom is 0.229 e. The van der Waals surface area contributed by atoms with Gasteiger partial charge in [0.25, 0.3) is 0 Å². The van der Waals surface area contributed by atoms with E-state index in [1.807, 2.05) is 25.1 Å². The van der Waals surface area contributed by atoms with Crippen LogP contribution in [0.1, 0.15) is 135 Å². The van der Waals surface area contributed by atoms with E-state index in [4.69, 9.17) is 10.3 Å². The molecule has 1 aromatic heterocycles. The molecule has 2 aromatic rings. The summed E-state index contributed by atoms with van der Waals surface area (Å²) < 4.78 is 5.47. The molecule has 0 aliphatic rings. The molecule has 192 valence electrons. The molecule has 0 bridgehead atoms.